The number of fused-ring (bicyclic) bond motifs is 2. The molecule has 1 saturated heterocycles. The number of carboxylic acid groups (broad SMARTS) is 1. The van der Waals surface area contributed by atoms with E-state index in [4.69, 9.17) is 0 Å². The molecule has 210 valence electrons. The van der Waals surface area contributed by atoms with Crippen molar-refractivity contribution < 1.29 is 19.1 Å². The Morgan fingerprint density at radius 3 is 2.83 bits per heavy atom. The molecule has 11 nitrogen and oxygen atoms in total. The predicted molar refractivity (Wildman–Crippen MR) is 157 cm³/mol. The first-order valence-corrected chi connectivity index (χ1v) is 14.8. The van der Waals surface area contributed by atoms with Crippen LogP contribution in [0.25, 0.3) is 37.5 Å². The van der Waals surface area contributed by atoms with E-state index in [9.17, 15) is 14.7 Å². The molecule has 6 heterocycles. The van der Waals surface area contributed by atoms with Crippen molar-refractivity contribution in [2.45, 2.75) is 18.9 Å². The van der Waals surface area contributed by atoms with E-state index in [0.29, 0.717) is 40.3 Å². The minimum Gasteiger partial charge on any atom is -0.476 e. The number of nitrogens with one attached hydrogen (secondary N) is 1. The van der Waals surface area contributed by atoms with Crippen molar-refractivity contribution in [2.24, 2.45) is 0 Å². The van der Waals surface area contributed by atoms with Crippen LogP contribution in [0.5, 0.6) is 0 Å². The molecule has 5 aromatic heterocycles. The first-order chi connectivity index (χ1) is 20.5. The Kier molecular flexibility index (Phi) is 6.64. The van der Waals surface area contributed by atoms with E-state index >= 15 is 4.39 Å². The molecule has 2 N–H and O–H groups in total. The van der Waals surface area contributed by atoms with Gasteiger partial charge in [0.05, 0.1) is 27.9 Å². The summed E-state index contributed by atoms with van der Waals surface area (Å²) in [6.45, 7) is 1.36. The van der Waals surface area contributed by atoms with Gasteiger partial charge in [-0.3, -0.25) is 9.69 Å². The highest BCUT2D eigenvalue weighted by Crippen LogP contribution is 2.39. The van der Waals surface area contributed by atoms with Crippen LogP contribution in [0.15, 0.2) is 60.2 Å². The second kappa shape index (κ2) is 10.6. The van der Waals surface area contributed by atoms with E-state index in [2.05, 4.69) is 30.6 Å². The van der Waals surface area contributed by atoms with Crippen LogP contribution in [0, 0.1) is 5.82 Å². The zero-order valence-corrected chi connectivity index (χ0v) is 23.4. The van der Waals surface area contributed by atoms with Gasteiger partial charge in [0.2, 0.25) is 5.01 Å². The Bertz CT molecular complexity index is 1980. The SMILES string of the molecule is O=C(O)c1nc(-c2cc3c(N(C(=O)c4ccc(-n5nnc6cccnc65)cc4F)[C@@H]4CCCNC4)nccc3s2)cs1. The molecule has 0 radical (unpaired) electrons. The van der Waals surface area contributed by atoms with Crippen molar-refractivity contribution in [2.75, 3.05) is 18.0 Å². The number of aromatic nitrogens is 6. The molecule has 14 heteroatoms. The summed E-state index contributed by atoms with van der Waals surface area (Å²) in [5.41, 5.74) is 1.88. The van der Waals surface area contributed by atoms with Gasteiger partial charge in [-0.25, -0.2) is 24.1 Å². The zero-order valence-electron chi connectivity index (χ0n) is 21.8. The van der Waals surface area contributed by atoms with Crippen molar-refractivity contribution in [3.05, 3.63) is 76.6 Å². The lowest BCUT2D eigenvalue weighted by atomic mass is 10.0. The molecule has 1 amide bonds. The number of carboxylic acids is 1. The number of aromatic carboxylic acids is 1. The molecule has 0 bridgehead atoms. The van der Waals surface area contributed by atoms with E-state index in [0.717, 1.165) is 40.3 Å². The fourth-order valence-electron chi connectivity index (χ4n) is 5.12. The van der Waals surface area contributed by atoms with Crippen molar-refractivity contribution in [3.63, 3.8) is 0 Å². The Labute approximate surface area is 245 Å². The highest BCUT2D eigenvalue weighted by atomic mass is 32.1. The van der Waals surface area contributed by atoms with Crippen LogP contribution in [0.2, 0.25) is 0 Å². The maximum atomic E-state index is 15.7. The van der Waals surface area contributed by atoms with E-state index in [-0.39, 0.29) is 16.6 Å². The monoisotopic (exact) mass is 600 g/mol. The summed E-state index contributed by atoms with van der Waals surface area (Å²) in [5, 5.41) is 23.2. The molecule has 7 rings (SSSR count). The molecule has 0 unspecified atom stereocenters. The summed E-state index contributed by atoms with van der Waals surface area (Å²) in [6, 6.07) is 11.3. The molecule has 0 saturated carbocycles. The normalized spacial score (nSPS) is 15.3. The molecule has 0 spiro atoms. The summed E-state index contributed by atoms with van der Waals surface area (Å²) in [7, 11) is 0. The lowest BCUT2D eigenvalue weighted by Crippen LogP contribution is -2.49. The first kappa shape index (κ1) is 26.3. The smallest absolute Gasteiger partial charge is 0.365 e. The van der Waals surface area contributed by atoms with Gasteiger partial charge in [0.1, 0.15) is 17.2 Å². The number of amides is 1. The predicted octanol–water partition coefficient (Wildman–Crippen LogP) is 4.78. The molecule has 0 aliphatic carbocycles. The van der Waals surface area contributed by atoms with E-state index in [1.165, 1.54) is 28.2 Å². The van der Waals surface area contributed by atoms with Gasteiger partial charge >= 0.3 is 5.97 Å². The lowest BCUT2D eigenvalue weighted by molar-refractivity contribution is 0.0696. The molecule has 42 heavy (non-hydrogen) atoms. The maximum Gasteiger partial charge on any atom is 0.365 e. The Morgan fingerprint density at radius 2 is 2.05 bits per heavy atom. The number of carbonyl (C=O) groups excluding carboxylic acids is 1. The van der Waals surface area contributed by atoms with Crippen LogP contribution >= 0.6 is 22.7 Å². The van der Waals surface area contributed by atoms with Gasteiger partial charge in [-0.05, 0) is 55.8 Å². The summed E-state index contributed by atoms with van der Waals surface area (Å²) in [5.74, 6) is -1.88. The highest BCUT2D eigenvalue weighted by Gasteiger charge is 2.32. The van der Waals surface area contributed by atoms with Crippen molar-refractivity contribution in [3.8, 4) is 16.3 Å². The second-order valence-electron chi connectivity index (χ2n) is 9.69. The Balaban J connectivity index is 1.30. The summed E-state index contributed by atoms with van der Waals surface area (Å²) in [6.07, 6.45) is 4.80. The summed E-state index contributed by atoms with van der Waals surface area (Å²) in [4.78, 5) is 41.0. The van der Waals surface area contributed by atoms with Gasteiger partial charge in [0, 0.05) is 40.5 Å². The van der Waals surface area contributed by atoms with Gasteiger partial charge < -0.3 is 10.4 Å². The van der Waals surface area contributed by atoms with Crippen molar-refractivity contribution in [1.29, 1.82) is 0 Å². The topological polar surface area (TPSA) is 139 Å². The van der Waals surface area contributed by atoms with Crippen LogP contribution in [-0.2, 0) is 0 Å². The number of pyridine rings is 2. The largest absolute Gasteiger partial charge is 0.476 e. The average molecular weight is 601 g/mol. The minimum absolute atomic E-state index is 0.000479. The molecule has 6 aromatic rings. The number of piperidine rings is 1. The van der Waals surface area contributed by atoms with E-state index in [1.54, 1.807) is 40.9 Å². The third kappa shape index (κ3) is 4.58. The number of rotatable bonds is 6. The fraction of sp³-hybridized carbons (Fsp3) is 0.179. The third-order valence-electron chi connectivity index (χ3n) is 7.08. The standard InChI is InChI=1S/C28H21FN8O3S2/c29-19-11-15(37-25-20(34-35-37)4-2-9-31-25)5-6-17(19)27(38)36(16-3-1-8-30-13-16)24-18-12-23(42-22(18)7-10-32-24)21-14-41-26(33-21)28(39)40/h2,4-7,9-12,14,16,30H,1,3,8,13H2,(H,39,40)/t16-/m1/s1. The number of carbonyl (C=O) groups is 2. The van der Waals surface area contributed by atoms with E-state index < -0.39 is 17.7 Å². The molecular weight excluding hydrogens is 579 g/mol. The Morgan fingerprint density at radius 1 is 1.14 bits per heavy atom. The zero-order chi connectivity index (χ0) is 28.8. The Hall–Kier alpha value is -4.66. The number of thiophene rings is 1. The molecule has 1 aliphatic rings. The van der Waals surface area contributed by atoms with Crippen molar-refractivity contribution >= 4 is 61.6 Å². The number of anilines is 1. The third-order valence-corrected chi connectivity index (χ3v) is 9.04. The van der Waals surface area contributed by atoms with Gasteiger partial charge in [-0.2, -0.15) is 4.68 Å². The highest BCUT2D eigenvalue weighted by molar-refractivity contribution is 7.22. The van der Waals surface area contributed by atoms with Gasteiger partial charge in [-0.15, -0.1) is 27.8 Å². The minimum atomic E-state index is -1.09. The van der Waals surface area contributed by atoms with Gasteiger partial charge in [0.15, 0.2) is 5.65 Å². The molecular formula is C28H21FN8O3S2. The van der Waals surface area contributed by atoms with Crippen LogP contribution in [0.3, 0.4) is 0 Å². The van der Waals surface area contributed by atoms with Crippen LogP contribution in [0.1, 0.15) is 33.0 Å². The number of hydrogen-bond acceptors (Lipinski definition) is 10. The molecule has 1 atom stereocenters. The van der Waals surface area contributed by atoms with E-state index in [1.807, 2.05) is 12.1 Å². The molecule has 1 aliphatic heterocycles. The molecule has 1 aromatic carbocycles. The number of benzene rings is 1. The van der Waals surface area contributed by atoms with Gasteiger partial charge in [-0.1, -0.05) is 5.21 Å². The van der Waals surface area contributed by atoms with Gasteiger partial charge in [0.25, 0.3) is 5.91 Å². The first-order valence-electron chi connectivity index (χ1n) is 13.1. The summed E-state index contributed by atoms with van der Waals surface area (Å²) < 4.78 is 18.0. The number of thiazole rings is 1. The maximum absolute atomic E-state index is 15.7. The fourth-order valence-corrected chi connectivity index (χ4v) is 6.86. The average Bonchev–Trinajstić information content (AvgIpc) is 3.76. The van der Waals surface area contributed by atoms with Crippen molar-refractivity contribution in [1.82, 2.24) is 35.3 Å². The number of hydrogen-bond donors (Lipinski definition) is 2. The second-order valence-corrected chi connectivity index (χ2v) is 11.6. The quantitative estimate of drug-likeness (QED) is 0.276. The van der Waals surface area contributed by atoms with Crippen LogP contribution in [-0.4, -0.2) is 66.1 Å². The lowest BCUT2D eigenvalue weighted by Gasteiger charge is -2.34. The number of halogens is 1. The summed E-state index contributed by atoms with van der Waals surface area (Å²) >= 11 is 2.48. The molecule has 1 fully saturated rings. The van der Waals surface area contributed by atoms with Crippen LogP contribution in [0.4, 0.5) is 10.2 Å². The number of nitrogens with zero attached hydrogens (tertiary/aromatic N) is 7. The van der Waals surface area contributed by atoms with Crippen LogP contribution < -0.4 is 10.2 Å².